The zero-order valence-electron chi connectivity index (χ0n) is 19.3. The highest BCUT2D eigenvalue weighted by Gasteiger charge is 2.29. The van der Waals surface area contributed by atoms with Crippen LogP contribution in [0, 0.1) is 5.82 Å². The van der Waals surface area contributed by atoms with Crippen LogP contribution in [-0.4, -0.2) is 40.2 Å². The maximum absolute atomic E-state index is 14.5. The van der Waals surface area contributed by atoms with Crippen LogP contribution in [0.5, 0.6) is 5.75 Å². The summed E-state index contributed by atoms with van der Waals surface area (Å²) in [4.78, 5) is 16.7. The minimum atomic E-state index is -3.21. The second-order valence-corrected chi connectivity index (χ2v) is 7.97. The van der Waals surface area contributed by atoms with Crippen LogP contribution in [-0.2, 0) is 24.8 Å². The number of esters is 1. The van der Waals surface area contributed by atoms with E-state index in [4.69, 9.17) is 9.47 Å². The fourth-order valence-electron chi connectivity index (χ4n) is 4.16. The standard InChI is InChI=1S/C25H24F3N3O3/c1-6-14-10-19-15(8-17(14)26)11-20(31(19)13-25(27,28)7-2)23-29-18-9-16(24(32)34-5)12-21(33-4)22(18)30(23)3/h7-12H,2,6,13H2,1,3-5H3. The number of carbonyl (C=O) groups excluding carboxylic acids is 1. The van der Waals surface area contributed by atoms with Crippen LogP contribution in [0.1, 0.15) is 22.8 Å². The number of aryl methyl sites for hydroxylation is 2. The smallest absolute Gasteiger partial charge is 0.338 e. The third kappa shape index (κ3) is 3.81. The minimum absolute atomic E-state index is 0.241. The summed E-state index contributed by atoms with van der Waals surface area (Å²) in [7, 11) is 4.45. The van der Waals surface area contributed by atoms with Crippen LogP contribution in [0.2, 0.25) is 0 Å². The largest absolute Gasteiger partial charge is 0.494 e. The van der Waals surface area contributed by atoms with Crippen LogP contribution < -0.4 is 4.74 Å². The molecule has 4 rings (SSSR count). The van der Waals surface area contributed by atoms with Crippen molar-refractivity contribution in [3.8, 4) is 17.3 Å². The molecule has 2 aromatic heterocycles. The summed E-state index contributed by atoms with van der Waals surface area (Å²) >= 11 is 0. The van der Waals surface area contributed by atoms with Gasteiger partial charge in [0.15, 0.2) is 5.82 Å². The van der Waals surface area contributed by atoms with Crippen molar-refractivity contribution in [1.82, 2.24) is 14.1 Å². The molecular weight excluding hydrogens is 447 g/mol. The number of hydrogen-bond donors (Lipinski definition) is 0. The molecule has 4 aromatic rings. The van der Waals surface area contributed by atoms with Gasteiger partial charge in [-0.05, 0) is 48.4 Å². The van der Waals surface area contributed by atoms with E-state index < -0.39 is 24.3 Å². The van der Waals surface area contributed by atoms with E-state index in [0.717, 1.165) is 0 Å². The van der Waals surface area contributed by atoms with Crippen molar-refractivity contribution in [2.75, 3.05) is 14.2 Å². The zero-order valence-corrected chi connectivity index (χ0v) is 19.3. The van der Waals surface area contributed by atoms with Gasteiger partial charge < -0.3 is 18.6 Å². The van der Waals surface area contributed by atoms with Crippen molar-refractivity contribution in [2.45, 2.75) is 25.8 Å². The van der Waals surface area contributed by atoms with Gasteiger partial charge in [0.05, 0.1) is 37.5 Å². The molecule has 0 fully saturated rings. The van der Waals surface area contributed by atoms with Crippen LogP contribution in [0.3, 0.4) is 0 Å². The number of carbonyl (C=O) groups is 1. The molecule has 0 aliphatic carbocycles. The molecule has 0 radical (unpaired) electrons. The first-order chi connectivity index (χ1) is 16.1. The Balaban J connectivity index is 2.04. The van der Waals surface area contributed by atoms with Gasteiger partial charge in [-0.15, -0.1) is 0 Å². The number of alkyl halides is 2. The number of benzene rings is 2. The lowest BCUT2D eigenvalue weighted by Crippen LogP contribution is -2.21. The molecule has 9 heteroatoms. The first kappa shape index (κ1) is 23.4. The van der Waals surface area contributed by atoms with E-state index >= 15 is 0 Å². The van der Waals surface area contributed by atoms with Gasteiger partial charge in [-0.2, -0.15) is 0 Å². The minimum Gasteiger partial charge on any atom is -0.494 e. The summed E-state index contributed by atoms with van der Waals surface area (Å²) < 4.78 is 56.9. The molecule has 34 heavy (non-hydrogen) atoms. The van der Waals surface area contributed by atoms with Crippen molar-refractivity contribution in [3.63, 3.8) is 0 Å². The molecule has 0 bridgehead atoms. The van der Waals surface area contributed by atoms with E-state index in [9.17, 15) is 18.0 Å². The predicted octanol–water partition coefficient (Wildman–Crippen LogP) is 5.51. The summed E-state index contributed by atoms with van der Waals surface area (Å²) in [6, 6.07) is 7.65. The van der Waals surface area contributed by atoms with Crippen molar-refractivity contribution >= 4 is 27.9 Å². The SMILES string of the molecule is C=CC(F)(F)Cn1c(-c2nc3cc(C(=O)OC)cc(OC)c3n2C)cc2cc(F)c(CC)cc21. The normalized spacial score (nSPS) is 11.9. The quantitative estimate of drug-likeness (QED) is 0.263. The van der Waals surface area contributed by atoms with Gasteiger partial charge in [0.1, 0.15) is 17.1 Å². The molecular formula is C25H24F3N3O3. The summed E-state index contributed by atoms with van der Waals surface area (Å²) in [5.41, 5.74) is 2.48. The lowest BCUT2D eigenvalue weighted by Gasteiger charge is -2.17. The molecule has 0 aliphatic rings. The number of allylic oxidation sites excluding steroid dienone is 1. The predicted molar refractivity (Wildman–Crippen MR) is 124 cm³/mol. The van der Waals surface area contributed by atoms with Gasteiger partial charge in [0.2, 0.25) is 0 Å². The first-order valence-electron chi connectivity index (χ1n) is 10.6. The number of aromatic nitrogens is 3. The fourth-order valence-corrected chi connectivity index (χ4v) is 4.16. The molecule has 2 aromatic carbocycles. The third-order valence-corrected chi connectivity index (χ3v) is 5.92. The average Bonchev–Trinajstić information content (AvgIpc) is 3.33. The Kier molecular flexibility index (Phi) is 5.89. The number of ether oxygens (including phenoxy) is 2. The monoisotopic (exact) mass is 471 g/mol. The van der Waals surface area contributed by atoms with E-state index in [1.165, 1.54) is 30.9 Å². The van der Waals surface area contributed by atoms with Crippen molar-refractivity contribution < 1.29 is 27.4 Å². The average molecular weight is 471 g/mol. The highest BCUT2D eigenvalue weighted by molar-refractivity contribution is 5.97. The number of rotatable bonds is 7. The maximum atomic E-state index is 14.5. The summed E-state index contributed by atoms with van der Waals surface area (Å²) in [6.07, 6.45) is 1.01. The van der Waals surface area contributed by atoms with Crippen molar-refractivity contribution in [3.05, 3.63) is 59.9 Å². The second-order valence-electron chi connectivity index (χ2n) is 7.97. The van der Waals surface area contributed by atoms with Gasteiger partial charge >= 0.3 is 5.97 Å². The van der Waals surface area contributed by atoms with Gasteiger partial charge in [0.25, 0.3) is 5.92 Å². The number of halogens is 3. The van der Waals surface area contributed by atoms with E-state index in [1.807, 2.05) is 0 Å². The lowest BCUT2D eigenvalue weighted by atomic mass is 10.1. The topological polar surface area (TPSA) is 58.3 Å². The Morgan fingerprint density at radius 1 is 1.21 bits per heavy atom. The highest BCUT2D eigenvalue weighted by Crippen LogP contribution is 2.36. The number of nitrogens with zero attached hydrogens (tertiary/aromatic N) is 3. The second kappa shape index (κ2) is 8.55. The number of fused-ring (bicyclic) bond motifs is 2. The Bertz CT molecular complexity index is 1440. The lowest BCUT2D eigenvalue weighted by molar-refractivity contribution is 0.0381. The van der Waals surface area contributed by atoms with Gasteiger partial charge in [-0.1, -0.05) is 13.5 Å². The van der Waals surface area contributed by atoms with E-state index in [2.05, 4.69) is 11.6 Å². The number of imidazole rings is 1. The van der Waals surface area contributed by atoms with Gasteiger partial charge in [0, 0.05) is 18.0 Å². The molecule has 0 saturated carbocycles. The van der Waals surface area contributed by atoms with Crippen LogP contribution >= 0.6 is 0 Å². The van der Waals surface area contributed by atoms with E-state index in [1.54, 1.807) is 36.7 Å². The van der Waals surface area contributed by atoms with Crippen molar-refractivity contribution in [2.24, 2.45) is 7.05 Å². The molecule has 0 N–H and O–H groups in total. The summed E-state index contributed by atoms with van der Waals surface area (Å²) in [6.45, 7) is 4.35. The fraction of sp³-hybridized carbons (Fsp3) is 0.280. The Hall–Kier alpha value is -3.75. The Morgan fingerprint density at radius 2 is 1.94 bits per heavy atom. The Labute approximate surface area is 194 Å². The number of hydrogen-bond acceptors (Lipinski definition) is 4. The zero-order chi connectivity index (χ0) is 24.8. The number of methoxy groups -OCH3 is 2. The molecule has 2 heterocycles. The van der Waals surface area contributed by atoms with E-state index in [0.29, 0.717) is 57.3 Å². The summed E-state index contributed by atoms with van der Waals surface area (Å²) in [5, 5.41) is 0.471. The molecule has 0 aliphatic heterocycles. The first-order valence-corrected chi connectivity index (χ1v) is 10.6. The molecule has 6 nitrogen and oxygen atoms in total. The van der Waals surface area contributed by atoms with Crippen molar-refractivity contribution in [1.29, 1.82) is 0 Å². The van der Waals surface area contributed by atoms with Gasteiger partial charge in [-0.25, -0.2) is 22.9 Å². The summed E-state index contributed by atoms with van der Waals surface area (Å²) in [5.74, 6) is -3.44. The maximum Gasteiger partial charge on any atom is 0.338 e. The molecule has 0 atom stereocenters. The Morgan fingerprint density at radius 3 is 2.56 bits per heavy atom. The molecule has 0 amide bonds. The highest BCUT2D eigenvalue weighted by atomic mass is 19.3. The van der Waals surface area contributed by atoms with Gasteiger partial charge in [-0.3, -0.25) is 0 Å². The molecule has 0 unspecified atom stereocenters. The van der Waals surface area contributed by atoms with Crippen LogP contribution in [0.25, 0.3) is 33.5 Å². The molecule has 0 spiro atoms. The molecule has 0 saturated heterocycles. The third-order valence-electron chi connectivity index (χ3n) is 5.92. The van der Waals surface area contributed by atoms with E-state index in [-0.39, 0.29) is 5.56 Å². The van der Waals surface area contributed by atoms with Crippen LogP contribution in [0.4, 0.5) is 13.2 Å². The van der Waals surface area contributed by atoms with Crippen LogP contribution in [0.15, 0.2) is 43.0 Å². The molecule has 178 valence electrons.